The summed E-state index contributed by atoms with van der Waals surface area (Å²) in [6, 6.07) is 19.2. The third-order valence-corrected chi connectivity index (χ3v) is 6.51. The smallest absolute Gasteiger partial charge is 0.376 e. The molecule has 24 heavy (non-hydrogen) atoms. The summed E-state index contributed by atoms with van der Waals surface area (Å²) >= 11 is 0. The minimum atomic E-state index is -1.79. The van der Waals surface area contributed by atoms with Crippen LogP contribution < -0.4 is 10.6 Å². The molecule has 4 nitrogen and oxygen atoms in total. The normalized spacial score (nSPS) is 10.5. The van der Waals surface area contributed by atoms with Gasteiger partial charge in [-0.15, -0.1) is 0 Å². The van der Waals surface area contributed by atoms with Gasteiger partial charge in [-0.2, -0.15) is 0 Å². The average Bonchev–Trinajstić information content (AvgIpc) is 2.64. The third-order valence-electron chi connectivity index (χ3n) is 2.98. The Hall–Kier alpha value is -1.23. The van der Waals surface area contributed by atoms with Gasteiger partial charge in [0.25, 0.3) is 0 Å². The number of benzene rings is 2. The molecule has 0 unspecified atom stereocenters. The van der Waals surface area contributed by atoms with E-state index in [1.165, 1.54) is 0 Å². The summed E-state index contributed by atoms with van der Waals surface area (Å²) in [7, 11) is -3.53. The van der Waals surface area contributed by atoms with Crippen molar-refractivity contribution in [1.82, 2.24) is 0 Å². The summed E-state index contributed by atoms with van der Waals surface area (Å²) in [6.07, 6.45) is 0. The fourth-order valence-corrected chi connectivity index (χ4v) is 4.33. The van der Waals surface area contributed by atoms with Crippen LogP contribution in [-0.2, 0) is 17.8 Å². The highest BCUT2D eigenvalue weighted by molar-refractivity contribution is 7.61. The summed E-state index contributed by atoms with van der Waals surface area (Å²) in [5, 5.41) is 1.84. The lowest BCUT2D eigenvalue weighted by Gasteiger charge is -2.12. The first-order valence-electron chi connectivity index (χ1n) is 8.22. The fourth-order valence-electron chi connectivity index (χ4n) is 1.90. The van der Waals surface area contributed by atoms with Crippen LogP contribution in [-0.4, -0.2) is 29.3 Å². The van der Waals surface area contributed by atoms with Crippen LogP contribution in [0.2, 0.25) is 0 Å². The van der Waals surface area contributed by atoms with Crippen molar-refractivity contribution in [2.24, 2.45) is 0 Å². The van der Waals surface area contributed by atoms with Crippen LogP contribution in [0.1, 0.15) is 20.8 Å². The molecular formula is C18H27O4PSi. The van der Waals surface area contributed by atoms with Crippen LogP contribution in [0, 0.1) is 0 Å². The zero-order chi connectivity index (χ0) is 17.6. The Bertz CT molecular complexity index is 510. The maximum atomic E-state index is 12.0. The highest BCUT2D eigenvalue weighted by Gasteiger charge is 2.11. The SMILES string of the molecule is CCO[SiH](OCC)OCC.O=[PH](c1ccccc1)c1ccccc1. The van der Waals surface area contributed by atoms with Gasteiger partial charge in [-0.25, -0.2) is 0 Å². The summed E-state index contributed by atoms with van der Waals surface area (Å²) in [5.74, 6) is 0. The Morgan fingerprint density at radius 3 is 1.33 bits per heavy atom. The highest BCUT2D eigenvalue weighted by atomic mass is 31.1. The standard InChI is InChI=1S/C12H11OP.C6H16O3Si/c13-14(11-7-3-1-4-8-11)12-9-5-2-6-10-12;1-4-7-10(8-5-2)9-6-3/h1-10,14H;10H,4-6H2,1-3H3. The van der Waals surface area contributed by atoms with Crippen molar-refractivity contribution in [2.45, 2.75) is 20.8 Å². The maximum absolute atomic E-state index is 12.0. The van der Waals surface area contributed by atoms with Gasteiger partial charge >= 0.3 is 9.53 Å². The highest BCUT2D eigenvalue weighted by Crippen LogP contribution is 2.18. The first-order chi connectivity index (χ1) is 11.7. The lowest BCUT2D eigenvalue weighted by Crippen LogP contribution is -2.27. The minimum Gasteiger partial charge on any atom is -0.376 e. The zero-order valence-electron chi connectivity index (χ0n) is 14.6. The van der Waals surface area contributed by atoms with E-state index in [-0.39, 0.29) is 0 Å². The molecular weight excluding hydrogens is 339 g/mol. The van der Waals surface area contributed by atoms with Gasteiger partial charge in [-0.1, -0.05) is 60.7 Å². The molecule has 0 radical (unpaired) electrons. The van der Waals surface area contributed by atoms with Crippen LogP contribution in [0.4, 0.5) is 0 Å². The van der Waals surface area contributed by atoms with Crippen molar-refractivity contribution < 1.29 is 17.8 Å². The van der Waals surface area contributed by atoms with Crippen molar-refractivity contribution in [3.05, 3.63) is 60.7 Å². The molecule has 0 saturated carbocycles. The maximum Gasteiger partial charge on any atom is 0.484 e. The second kappa shape index (κ2) is 13.1. The zero-order valence-corrected chi connectivity index (χ0v) is 16.8. The molecule has 6 heteroatoms. The van der Waals surface area contributed by atoms with Crippen molar-refractivity contribution in [3.8, 4) is 0 Å². The van der Waals surface area contributed by atoms with Crippen molar-refractivity contribution in [2.75, 3.05) is 19.8 Å². The molecule has 0 aliphatic heterocycles. The molecule has 0 aliphatic rings. The van der Waals surface area contributed by atoms with Gasteiger partial charge in [0.15, 0.2) is 0 Å². The molecule has 0 amide bonds. The second-order valence-corrected chi connectivity index (χ2v) is 8.11. The van der Waals surface area contributed by atoms with Gasteiger partial charge < -0.3 is 17.8 Å². The lowest BCUT2D eigenvalue weighted by molar-refractivity contribution is 0.107. The van der Waals surface area contributed by atoms with E-state index in [0.29, 0.717) is 19.8 Å². The van der Waals surface area contributed by atoms with Gasteiger partial charge in [0.1, 0.15) is 7.80 Å². The predicted molar refractivity (Wildman–Crippen MR) is 103 cm³/mol. The first-order valence-corrected chi connectivity index (χ1v) is 11.0. The Kier molecular flexibility index (Phi) is 11.4. The van der Waals surface area contributed by atoms with E-state index in [1.807, 2.05) is 81.4 Å². The first kappa shape index (κ1) is 20.8. The molecule has 0 aromatic heterocycles. The molecule has 0 N–H and O–H groups in total. The van der Waals surface area contributed by atoms with Crippen molar-refractivity contribution >= 4 is 27.9 Å². The predicted octanol–water partition coefficient (Wildman–Crippen LogP) is 3.01. The van der Waals surface area contributed by atoms with Crippen LogP contribution in [0.25, 0.3) is 0 Å². The molecule has 132 valence electrons. The topological polar surface area (TPSA) is 44.8 Å². The summed E-state index contributed by atoms with van der Waals surface area (Å²) in [5.41, 5.74) is 0. The molecule has 0 saturated heterocycles. The molecule has 0 aliphatic carbocycles. The van der Waals surface area contributed by atoms with E-state index < -0.39 is 17.3 Å². The Balaban J connectivity index is 0.000000257. The molecule has 2 aromatic rings. The molecule has 0 bridgehead atoms. The van der Waals surface area contributed by atoms with Crippen LogP contribution >= 0.6 is 7.80 Å². The van der Waals surface area contributed by atoms with E-state index in [4.69, 9.17) is 13.3 Å². The lowest BCUT2D eigenvalue weighted by atomic mass is 10.4. The molecule has 0 atom stereocenters. The number of hydrogen-bond donors (Lipinski definition) is 0. The summed E-state index contributed by atoms with van der Waals surface area (Å²) in [4.78, 5) is 0. The van der Waals surface area contributed by atoms with E-state index >= 15 is 0 Å². The Morgan fingerprint density at radius 2 is 1.04 bits per heavy atom. The van der Waals surface area contributed by atoms with Gasteiger partial charge in [0, 0.05) is 30.4 Å². The van der Waals surface area contributed by atoms with E-state index in [9.17, 15) is 4.57 Å². The van der Waals surface area contributed by atoms with Gasteiger partial charge in [0.05, 0.1) is 0 Å². The minimum absolute atomic E-state index is 0.677. The van der Waals surface area contributed by atoms with E-state index in [2.05, 4.69) is 0 Å². The fraction of sp³-hybridized carbons (Fsp3) is 0.333. The Labute approximate surface area is 147 Å². The molecule has 0 spiro atoms. The number of rotatable bonds is 8. The monoisotopic (exact) mass is 366 g/mol. The largest absolute Gasteiger partial charge is 0.484 e. The van der Waals surface area contributed by atoms with Gasteiger partial charge in [0.2, 0.25) is 0 Å². The molecule has 0 fully saturated rings. The van der Waals surface area contributed by atoms with Crippen molar-refractivity contribution in [3.63, 3.8) is 0 Å². The quantitative estimate of drug-likeness (QED) is 0.532. The third kappa shape index (κ3) is 8.04. The molecule has 0 heterocycles. The van der Waals surface area contributed by atoms with E-state index in [0.717, 1.165) is 10.6 Å². The van der Waals surface area contributed by atoms with E-state index in [1.54, 1.807) is 0 Å². The second-order valence-electron chi connectivity index (χ2n) is 4.72. The summed E-state index contributed by atoms with van der Waals surface area (Å²) < 4.78 is 27.7. The molecule has 2 aromatic carbocycles. The van der Waals surface area contributed by atoms with Crippen LogP contribution in [0.3, 0.4) is 0 Å². The van der Waals surface area contributed by atoms with Crippen LogP contribution in [0.5, 0.6) is 0 Å². The van der Waals surface area contributed by atoms with Gasteiger partial charge in [-0.05, 0) is 20.8 Å². The number of hydrogen-bond acceptors (Lipinski definition) is 4. The Morgan fingerprint density at radius 1 is 0.708 bits per heavy atom. The summed E-state index contributed by atoms with van der Waals surface area (Å²) in [6.45, 7) is 7.86. The van der Waals surface area contributed by atoms with Gasteiger partial charge in [-0.3, -0.25) is 0 Å². The molecule has 2 rings (SSSR count). The van der Waals surface area contributed by atoms with Crippen molar-refractivity contribution in [1.29, 1.82) is 0 Å². The van der Waals surface area contributed by atoms with Crippen LogP contribution in [0.15, 0.2) is 60.7 Å². The average molecular weight is 366 g/mol.